The molecule has 0 N–H and O–H groups in total. The Morgan fingerprint density at radius 1 is 0.935 bits per heavy atom. The molecule has 1 saturated heterocycles. The summed E-state index contributed by atoms with van der Waals surface area (Å²) in [4.78, 5) is 29.8. The standard InChI is InChI=1S/C25H30N4O2/c1-18-8-9-21(20(3)16-18)17-27-12-14-28(15-13-27)25(31)22-10-11-24(30)29(26-22)23-7-5-4-6-19(23)2/h4-9,16H,10-15,17H2,1-3H3. The second-order valence-electron chi connectivity index (χ2n) is 8.54. The average Bonchev–Trinajstić information content (AvgIpc) is 2.77. The molecule has 2 aromatic rings. The highest BCUT2D eigenvalue weighted by Crippen LogP contribution is 2.24. The highest BCUT2D eigenvalue weighted by Gasteiger charge is 2.30. The van der Waals surface area contributed by atoms with E-state index in [-0.39, 0.29) is 11.8 Å². The van der Waals surface area contributed by atoms with Crippen LogP contribution in [0, 0.1) is 20.8 Å². The minimum absolute atomic E-state index is 0.0442. The third-order valence-corrected chi connectivity index (χ3v) is 6.17. The number of hydrogen-bond donors (Lipinski definition) is 0. The second kappa shape index (κ2) is 9.02. The van der Waals surface area contributed by atoms with Gasteiger partial charge in [-0.25, -0.2) is 5.01 Å². The molecule has 0 atom stereocenters. The Hall–Kier alpha value is -2.99. The lowest BCUT2D eigenvalue weighted by Crippen LogP contribution is -2.51. The number of rotatable bonds is 4. The van der Waals surface area contributed by atoms with Crippen LogP contribution in [0.3, 0.4) is 0 Å². The van der Waals surface area contributed by atoms with Gasteiger partial charge in [-0.05, 0) is 43.5 Å². The van der Waals surface area contributed by atoms with Crippen LogP contribution < -0.4 is 5.01 Å². The first-order chi connectivity index (χ1) is 14.9. The number of hydrazone groups is 1. The third-order valence-electron chi connectivity index (χ3n) is 6.17. The van der Waals surface area contributed by atoms with E-state index in [1.807, 2.05) is 36.1 Å². The van der Waals surface area contributed by atoms with Gasteiger partial charge in [0.15, 0.2) is 0 Å². The topological polar surface area (TPSA) is 56.2 Å². The van der Waals surface area contributed by atoms with Crippen molar-refractivity contribution in [3.8, 4) is 0 Å². The minimum Gasteiger partial charge on any atom is -0.335 e. The zero-order valence-corrected chi connectivity index (χ0v) is 18.6. The Balaban J connectivity index is 1.40. The van der Waals surface area contributed by atoms with Gasteiger partial charge < -0.3 is 4.90 Å². The molecular formula is C25H30N4O2. The Labute approximate surface area is 184 Å². The van der Waals surface area contributed by atoms with Crippen LogP contribution in [0.15, 0.2) is 47.6 Å². The largest absolute Gasteiger partial charge is 0.335 e. The first-order valence-electron chi connectivity index (χ1n) is 11.0. The van der Waals surface area contributed by atoms with E-state index >= 15 is 0 Å². The Morgan fingerprint density at radius 2 is 1.68 bits per heavy atom. The van der Waals surface area contributed by atoms with E-state index in [9.17, 15) is 9.59 Å². The summed E-state index contributed by atoms with van der Waals surface area (Å²) in [7, 11) is 0. The number of piperazine rings is 1. The first-order valence-corrected chi connectivity index (χ1v) is 11.0. The van der Waals surface area contributed by atoms with Crippen LogP contribution in [-0.4, -0.2) is 53.5 Å². The maximum absolute atomic E-state index is 13.1. The quantitative estimate of drug-likeness (QED) is 0.764. The van der Waals surface area contributed by atoms with Gasteiger partial charge in [-0.3, -0.25) is 14.5 Å². The lowest BCUT2D eigenvalue weighted by Gasteiger charge is -2.36. The number of aryl methyl sites for hydroxylation is 3. The molecule has 6 heteroatoms. The molecule has 1 fully saturated rings. The fraction of sp³-hybridized carbons (Fsp3) is 0.400. The highest BCUT2D eigenvalue weighted by molar-refractivity contribution is 6.40. The number of benzene rings is 2. The van der Waals surface area contributed by atoms with Gasteiger partial charge in [0.2, 0.25) is 5.91 Å². The second-order valence-corrected chi connectivity index (χ2v) is 8.54. The van der Waals surface area contributed by atoms with Crippen molar-refractivity contribution >= 4 is 23.2 Å². The van der Waals surface area contributed by atoms with E-state index in [1.54, 1.807) is 0 Å². The molecule has 2 heterocycles. The number of nitrogens with zero attached hydrogens (tertiary/aromatic N) is 4. The summed E-state index contributed by atoms with van der Waals surface area (Å²) in [6.45, 7) is 10.2. The summed E-state index contributed by atoms with van der Waals surface area (Å²) < 4.78 is 0. The van der Waals surface area contributed by atoms with Gasteiger partial charge in [0.05, 0.1) is 5.69 Å². The number of hydrogen-bond acceptors (Lipinski definition) is 4. The Bertz CT molecular complexity index is 1020. The van der Waals surface area contributed by atoms with Gasteiger partial charge in [0, 0.05) is 45.6 Å². The molecule has 0 saturated carbocycles. The molecule has 162 valence electrons. The molecule has 0 bridgehead atoms. The summed E-state index contributed by atoms with van der Waals surface area (Å²) in [6.07, 6.45) is 0.717. The van der Waals surface area contributed by atoms with Crippen LogP contribution in [0.1, 0.15) is 35.1 Å². The van der Waals surface area contributed by atoms with Gasteiger partial charge in [0.25, 0.3) is 5.91 Å². The maximum Gasteiger partial charge on any atom is 0.270 e. The average molecular weight is 419 g/mol. The lowest BCUT2D eigenvalue weighted by atomic mass is 10.0. The molecule has 0 radical (unpaired) electrons. The monoisotopic (exact) mass is 418 g/mol. The number of anilines is 1. The molecule has 2 aliphatic rings. The fourth-order valence-corrected chi connectivity index (χ4v) is 4.25. The lowest BCUT2D eigenvalue weighted by molar-refractivity contribution is -0.126. The first kappa shape index (κ1) is 21.2. The SMILES string of the molecule is Cc1ccc(CN2CCN(C(=O)C3=NN(c4ccccc4C)C(=O)CC3)CC2)c(C)c1. The normalized spacial score (nSPS) is 17.6. The van der Waals surface area contributed by atoms with Crippen molar-refractivity contribution in [2.45, 2.75) is 40.2 Å². The summed E-state index contributed by atoms with van der Waals surface area (Å²) in [5.74, 6) is -0.110. The van der Waals surface area contributed by atoms with Crippen LogP contribution >= 0.6 is 0 Å². The van der Waals surface area contributed by atoms with Crippen molar-refractivity contribution in [1.29, 1.82) is 0 Å². The van der Waals surface area contributed by atoms with Crippen LogP contribution in [0.2, 0.25) is 0 Å². The van der Waals surface area contributed by atoms with Gasteiger partial charge in [-0.15, -0.1) is 0 Å². The molecule has 4 rings (SSSR count). The fourth-order valence-electron chi connectivity index (χ4n) is 4.25. The predicted octanol–water partition coefficient (Wildman–Crippen LogP) is 3.44. The van der Waals surface area contributed by atoms with E-state index < -0.39 is 0 Å². The number of carbonyl (C=O) groups is 2. The van der Waals surface area contributed by atoms with Gasteiger partial charge in [-0.1, -0.05) is 42.0 Å². The predicted molar refractivity (Wildman–Crippen MR) is 123 cm³/mol. The zero-order valence-electron chi connectivity index (χ0n) is 18.6. The van der Waals surface area contributed by atoms with Crippen LogP contribution in [0.5, 0.6) is 0 Å². The van der Waals surface area contributed by atoms with Crippen molar-refractivity contribution in [3.63, 3.8) is 0 Å². The Morgan fingerprint density at radius 3 is 2.39 bits per heavy atom. The summed E-state index contributed by atoms with van der Waals surface area (Å²) >= 11 is 0. The molecule has 0 aliphatic carbocycles. The van der Waals surface area contributed by atoms with Crippen LogP contribution in [0.4, 0.5) is 5.69 Å². The molecule has 2 amide bonds. The zero-order chi connectivity index (χ0) is 22.0. The van der Waals surface area contributed by atoms with Crippen molar-refractivity contribution < 1.29 is 9.59 Å². The van der Waals surface area contributed by atoms with Crippen molar-refractivity contribution in [2.24, 2.45) is 5.10 Å². The van der Waals surface area contributed by atoms with E-state index in [4.69, 9.17) is 0 Å². The molecule has 2 aliphatic heterocycles. The smallest absolute Gasteiger partial charge is 0.270 e. The molecule has 2 aromatic carbocycles. The molecule has 0 aromatic heterocycles. The molecular weight excluding hydrogens is 388 g/mol. The summed E-state index contributed by atoms with van der Waals surface area (Å²) in [5, 5.41) is 5.88. The number of carbonyl (C=O) groups excluding carboxylic acids is 2. The number of para-hydroxylation sites is 1. The van der Waals surface area contributed by atoms with E-state index in [2.05, 4.69) is 42.0 Å². The van der Waals surface area contributed by atoms with Crippen LogP contribution in [0.25, 0.3) is 0 Å². The maximum atomic E-state index is 13.1. The van der Waals surface area contributed by atoms with Crippen LogP contribution in [-0.2, 0) is 16.1 Å². The van der Waals surface area contributed by atoms with Gasteiger partial charge >= 0.3 is 0 Å². The minimum atomic E-state index is -0.0656. The van der Waals surface area contributed by atoms with Crippen molar-refractivity contribution in [2.75, 3.05) is 31.2 Å². The van der Waals surface area contributed by atoms with E-state index in [0.717, 1.165) is 30.9 Å². The van der Waals surface area contributed by atoms with Crippen molar-refractivity contribution in [3.05, 3.63) is 64.7 Å². The number of amides is 2. The summed E-state index contributed by atoms with van der Waals surface area (Å²) in [5.41, 5.74) is 6.13. The molecule has 31 heavy (non-hydrogen) atoms. The van der Waals surface area contributed by atoms with Gasteiger partial charge in [-0.2, -0.15) is 5.10 Å². The molecule has 0 spiro atoms. The van der Waals surface area contributed by atoms with Gasteiger partial charge in [0.1, 0.15) is 5.71 Å². The van der Waals surface area contributed by atoms with Crippen molar-refractivity contribution in [1.82, 2.24) is 9.80 Å². The molecule has 0 unspecified atom stereocenters. The third kappa shape index (κ3) is 4.69. The molecule has 6 nitrogen and oxygen atoms in total. The highest BCUT2D eigenvalue weighted by atomic mass is 16.2. The summed E-state index contributed by atoms with van der Waals surface area (Å²) in [6, 6.07) is 14.2. The van der Waals surface area contributed by atoms with E-state index in [1.165, 1.54) is 21.7 Å². The van der Waals surface area contributed by atoms with E-state index in [0.29, 0.717) is 31.6 Å². The Kier molecular flexibility index (Phi) is 6.18.